The molecule has 14 N–H and O–H groups in total. The largest absolute Gasteiger partial charge is 0.388 e. The predicted molar refractivity (Wildman–Crippen MR) is 223 cm³/mol. The Labute approximate surface area is 313 Å². The predicted octanol–water partition coefficient (Wildman–Crippen LogP) is 4.84. The smallest absolute Gasteiger partial charge is 0.185 e. The number of hydrogen-bond donors (Lipinski definition) is 7. The number of nitrogens with two attached hydrogens (primary N) is 7. The Morgan fingerprint density at radius 1 is 0.423 bits per heavy atom. The van der Waals surface area contributed by atoms with E-state index >= 15 is 0 Å². The summed E-state index contributed by atoms with van der Waals surface area (Å²) in [5.74, 6) is 0.867. The van der Waals surface area contributed by atoms with Gasteiger partial charge in [0.25, 0.3) is 0 Å². The Morgan fingerprint density at radius 2 is 0.750 bits per heavy atom. The summed E-state index contributed by atoms with van der Waals surface area (Å²) >= 11 is 3.54. The second-order valence-corrected chi connectivity index (χ2v) is 14.6. The summed E-state index contributed by atoms with van der Waals surface area (Å²) in [7, 11) is 0. The normalized spacial score (nSPS) is 11.3. The van der Waals surface area contributed by atoms with Crippen molar-refractivity contribution < 1.29 is 0 Å². The highest BCUT2D eigenvalue weighted by Gasteiger charge is 2.12. The molecule has 270 valence electrons. The van der Waals surface area contributed by atoms with Crippen LogP contribution in [0.2, 0.25) is 0 Å². The number of guanidine groups is 3. The maximum absolute atomic E-state index is 5.78. The molecule has 5 rings (SSSR count). The highest BCUT2D eigenvalue weighted by Crippen LogP contribution is 2.39. The summed E-state index contributed by atoms with van der Waals surface area (Å²) in [5, 5.41) is 0. The van der Waals surface area contributed by atoms with Gasteiger partial charge in [-0.2, -0.15) is 0 Å². The lowest BCUT2D eigenvalue weighted by Crippen LogP contribution is -2.23. The van der Waals surface area contributed by atoms with E-state index in [-0.39, 0.29) is 17.9 Å². The van der Waals surface area contributed by atoms with Crippen molar-refractivity contribution in [2.45, 2.75) is 32.6 Å². The zero-order valence-electron chi connectivity index (χ0n) is 29.4. The average molecular weight is 734 g/mol. The summed E-state index contributed by atoms with van der Waals surface area (Å²) in [4.78, 5) is 21.7. The summed E-state index contributed by atoms with van der Waals surface area (Å²) in [6, 6.07) is 30.7. The molecular formula is C39H47N11S2. The summed E-state index contributed by atoms with van der Waals surface area (Å²) in [6.45, 7) is 4.01. The third-order valence-corrected chi connectivity index (χ3v) is 10.5. The van der Waals surface area contributed by atoms with E-state index in [1.54, 1.807) is 22.7 Å². The quantitative estimate of drug-likeness (QED) is 0.0550. The van der Waals surface area contributed by atoms with Gasteiger partial charge in [-0.15, -0.1) is 22.7 Å². The molecule has 0 spiro atoms. The lowest BCUT2D eigenvalue weighted by Gasteiger charge is -2.09. The minimum absolute atomic E-state index is 0.0899. The van der Waals surface area contributed by atoms with E-state index < -0.39 is 0 Å². The number of amidine groups is 1. The third-order valence-electron chi connectivity index (χ3n) is 8.16. The maximum Gasteiger partial charge on any atom is 0.185 e. The number of rotatable bonds is 16. The first-order chi connectivity index (χ1) is 25.0. The van der Waals surface area contributed by atoms with Gasteiger partial charge in [-0.25, -0.2) is 0 Å². The highest BCUT2D eigenvalue weighted by molar-refractivity contribution is 7.19. The SMILES string of the molecule is CC(N)=NCCc1cc(CCN=C(N)N)cc(-c2ccc(-c3cccc(-c4ccc(-c5cc(CCN=C(N)N)cc(CCN=C(N)N)c5)s4)c3)s2)c1. The molecular weight excluding hydrogens is 687 g/mol. The molecule has 0 saturated carbocycles. The van der Waals surface area contributed by atoms with Crippen LogP contribution in [0.1, 0.15) is 29.2 Å². The first-order valence-electron chi connectivity index (χ1n) is 17.0. The first kappa shape index (κ1) is 37.6. The molecule has 52 heavy (non-hydrogen) atoms. The molecule has 0 bridgehead atoms. The van der Waals surface area contributed by atoms with E-state index in [4.69, 9.17) is 40.1 Å². The number of benzene rings is 3. The monoisotopic (exact) mass is 733 g/mol. The van der Waals surface area contributed by atoms with Crippen molar-refractivity contribution >= 4 is 46.4 Å². The van der Waals surface area contributed by atoms with Crippen LogP contribution in [-0.4, -0.2) is 49.9 Å². The van der Waals surface area contributed by atoms with Crippen molar-refractivity contribution in [3.8, 4) is 41.8 Å². The van der Waals surface area contributed by atoms with Crippen LogP contribution in [0.15, 0.2) is 105 Å². The van der Waals surface area contributed by atoms with E-state index in [9.17, 15) is 0 Å². The van der Waals surface area contributed by atoms with Gasteiger partial charge < -0.3 is 40.1 Å². The van der Waals surface area contributed by atoms with Crippen LogP contribution in [-0.2, 0) is 25.7 Å². The molecule has 5 aromatic rings. The van der Waals surface area contributed by atoms with Crippen LogP contribution in [0, 0.1) is 0 Å². The van der Waals surface area contributed by atoms with Crippen molar-refractivity contribution in [1.29, 1.82) is 0 Å². The van der Waals surface area contributed by atoms with E-state index in [0.717, 1.165) is 42.4 Å². The molecule has 0 fully saturated rings. The molecule has 0 radical (unpaired) electrons. The Bertz CT molecular complexity index is 1860. The van der Waals surface area contributed by atoms with Crippen LogP contribution in [0.25, 0.3) is 41.8 Å². The first-order valence-corrected chi connectivity index (χ1v) is 18.7. The van der Waals surface area contributed by atoms with Crippen molar-refractivity contribution in [1.82, 2.24) is 0 Å². The van der Waals surface area contributed by atoms with Crippen LogP contribution in [0.4, 0.5) is 0 Å². The standard InChI is InChI=1S/C39H47N11S2/c1-24(40)47-13-9-25-17-26(10-14-48-37(41)42)20-31(19-25)35-7-5-33(51-35)29-3-2-4-30(23-29)34-6-8-36(52-34)32-21-27(11-15-49-38(43)44)18-28(22-32)12-16-50-39(45)46/h2-8,17-23H,9-16H2,1H3,(H2,40,47)(H4,41,42,48)(H4,43,44,49)(H4,45,46,50). The van der Waals surface area contributed by atoms with E-state index in [1.807, 2.05) is 6.92 Å². The zero-order valence-corrected chi connectivity index (χ0v) is 31.0. The molecule has 2 aromatic heterocycles. The van der Waals surface area contributed by atoms with E-state index in [2.05, 4.69) is 105 Å². The summed E-state index contributed by atoms with van der Waals surface area (Å²) in [6.07, 6.45) is 2.97. The number of nitrogens with zero attached hydrogens (tertiary/aromatic N) is 4. The maximum atomic E-state index is 5.78. The second kappa shape index (κ2) is 18.0. The van der Waals surface area contributed by atoms with Crippen LogP contribution in [0.5, 0.6) is 0 Å². The minimum Gasteiger partial charge on any atom is -0.388 e. The lowest BCUT2D eigenvalue weighted by atomic mass is 10.0. The Balaban J connectivity index is 1.39. The fourth-order valence-corrected chi connectivity index (χ4v) is 7.79. The molecule has 0 aliphatic heterocycles. The molecule has 3 aromatic carbocycles. The second-order valence-electron chi connectivity index (χ2n) is 12.4. The molecule has 0 amide bonds. The fraction of sp³-hybridized carbons (Fsp3) is 0.231. The molecule has 0 saturated heterocycles. The van der Waals surface area contributed by atoms with Crippen molar-refractivity contribution in [2.75, 3.05) is 26.2 Å². The molecule has 13 heteroatoms. The molecule has 0 unspecified atom stereocenters. The molecule has 2 heterocycles. The highest BCUT2D eigenvalue weighted by atomic mass is 32.1. The third kappa shape index (κ3) is 11.2. The van der Waals surface area contributed by atoms with Gasteiger partial charge in [0, 0.05) is 45.7 Å². The molecule has 11 nitrogen and oxygen atoms in total. The lowest BCUT2D eigenvalue weighted by molar-refractivity contribution is 0.936. The van der Waals surface area contributed by atoms with Crippen LogP contribution >= 0.6 is 22.7 Å². The van der Waals surface area contributed by atoms with E-state index in [0.29, 0.717) is 32.0 Å². The minimum atomic E-state index is 0.0899. The van der Waals surface area contributed by atoms with Crippen molar-refractivity contribution in [2.24, 2.45) is 60.1 Å². The summed E-state index contributed by atoms with van der Waals surface area (Å²) in [5.41, 5.74) is 48.5. The Hall–Kier alpha value is -5.66. The van der Waals surface area contributed by atoms with Crippen molar-refractivity contribution in [3.05, 3.63) is 107 Å². The number of hydrogen-bond acceptors (Lipinski definition) is 6. The topological polar surface area (TPSA) is 232 Å². The van der Waals surface area contributed by atoms with Gasteiger partial charge in [-0.3, -0.25) is 20.0 Å². The van der Waals surface area contributed by atoms with Gasteiger partial charge in [0.15, 0.2) is 17.9 Å². The average Bonchev–Trinajstić information content (AvgIpc) is 3.79. The van der Waals surface area contributed by atoms with Gasteiger partial charge in [0.05, 0.1) is 5.84 Å². The van der Waals surface area contributed by atoms with Gasteiger partial charge in [-0.05, 0) is 107 Å². The number of aliphatic imine (C=N–C) groups is 4. The Morgan fingerprint density at radius 3 is 1.08 bits per heavy atom. The van der Waals surface area contributed by atoms with Crippen LogP contribution in [0.3, 0.4) is 0 Å². The molecule has 0 aliphatic rings. The van der Waals surface area contributed by atoms with E-state index in [1.165, 1.54) is 47.3 Å². The molecule has 0 aliphatic carbocycles. The number of thiophene rings is 2. The van der Waals surface area contributed by atoms with Gasteiger partial charge in [-0.1, -0.05) is 54.6 Å². The molecule has 0 atom stereocenters. The van der Waals surface area contributed by atoms with Gasteiger partial charge in [0.1, 0.15) is 0 Å². The Kier molecular flexibility index (Phi) is 13.0. The van der Waals surface area contributed by atoms with Crippen molar-refractivity contribution in [3.63, 3.8) is 0 Å². The fourth-order valence-electron chi connectivity index (χ4n) is 5.81. The van der Waals surface area contributed by atoms with Gasteiger partial charge in [0.2, 0.25) is 0 Å². The zero-order chi connectivity index (χ0) is 37.0. The van der Waals surface area contributed by atoms with Gasteiger partial charge >= 0.3 is 0 Å². The van der Waals surface area contributed by atoms with Crippen LogP contribution < -0.4 is 40.1 Å². The summed E-state index contributed by atoms with van der Waals surface area (Å²) < 4.78 is 0.